The molecular weight excluding hydrogens is 192 g/mol. The highest BCUT2D eigenvalue weighted by Crippen LogP contribution is 2.10. The Morgan fingerprint density at radius 2 is 2.00 bits per heavy atom. The Labute approximate surface area is 78.5 Å². The molecule has 1 aromatic rings. The fourth-order valence-corrected chi connectivity index (χ4v) is 0.843. The zero-order valence-electron chi connectivity index (χ0n) is 7.00. The maximum absolute atomic E-state index is 12.6. The van der Waals surface area contributed by atoms with E-state index in [4.69, 9.17) is 10.8 Å². The highest BCUT2D eigenvalue weighted by Gasteiger charge is 2.04. The summed E-state index contributed by atoms with van der Waals surface area (Å²) in [5.74, 6) is -3.34. The molecule has 1 aromatic carbocycles. The summed E-state index contributed by atoms with van der Waals surface area (Å²) in [7, 11) is 0. The quantitative estimate of drug-likeness (QED) is 0.706. The monoisotopic (exact) mass is 199 g/mol. The smallest absolute Gasteiger partial charge is 0.351 e. The van der Waals surface area contributed by atoms with Crippen molar-refractivity contribution in [3.63, 3.8) is 0 Å². The van der Waals surface area contributed by atoms with Gasteiger partial charge in [0.05, 0.1) is 0 Å². The highest BCUT2D eigenvalue weighted by molar-refractivity contribution is 5.90. The predicted octanol–water partition coefficient (Wildman–Crippen LogP) is 1.35. The number of rotatable bonds is 2. The van der Waals surface area contributed by atoms with Crippen LogP contribution in [0.2, 0.25) is 0 Å². The van der Waals surface area contributed by atoms with E-state index >= 15 is 0 Å². The van der Waals surface area contributed by atoms with Crippen molar-refractivity contribution in [3.8, 4) is 0 Å². The topological polar surface area (TPSA) is 63.3 Å². The van der Waals surface area contributed by atoms with Crippen molar-refractivity contribution in [2.24, 2.45) is 5.73 Å². The molecule has 0 aromatic heterocycles. The molecule has 14 heavy (non-hydrogen) atoms. The average Bonchev–Trinajstić information content (AvgIpc) is 2.11. The maximum Gasteiger partial charge on any atom is 0.351 e. The second kappa shape index (κ2) is 3.87. The lowest BCUT2D eigenvalue weighted by molar-refractivity contribution is -0.132. The van der Waals surface area contributed by atoms with E-state index in [-0.39, 0.29) is 5.56 Å². The molecule has 3 N–H and O–H groups in total. The molecule has 3 nitrogen and oxygen atoms in total. The average molecular weight is 199 g/mol. The first-order valence-corrected chi connectivity index (χ1v) is 3.66. The second-order valence-electron chi connectivity index (χ2n) is 2.58. The van der Waals surface area contributed by atoms with Crippen LogP contribution in [0.1, 0.15) is 5.56 Å². The van der Waals surface area contributed by atoms with Gasteiger partial charge in [-0.25, -0.2) is 13.6 Å². The Bertz CT molecular complexity index is 402. The van der Waals surface area contributed by atoms with E-state index in [1.165, 1.54) is 6.07 Å². The van der Waals surface area contributed by atoms with Gasteiger partial charge in [-0.1, -0.05) is 6.07 Å². The van der Waals surface area contributed by atoms with Gasteiger partial charge in [0, 0.05) is 0 Å². The van der Waals surface area contributed by atoms with Gasteiger partial charge in [0.25, 0.3) is 0 Å². The van der Waals surface area contributed by atoms with Gasteiger partial charge in [-0.15, -0.1) is 0 Å². The maximum atomic E-state index is 12.6. The molecule has 0 bridgehead atoms. The van der Waals surface area contributed by atoms with E-state index in [9.17, 15) is 13.6 Å². The summed E-state index contributed by atoms with van der Waals surface area (Å²) in [6.07, 6.45) is 1.05. The van der Waals surface area contributed by atoms with Crippen LogP contribution in [0.15, 0.2) is 23.9 Å². The van der Waals surface area contributed by atoms with Gasteiger partial charge in [-0.2, -0.15) is 0 Å². The first-order valence-electron chi connectivity index (χ1n) is 3.66. The van der Waals surface area contributed by atoms with Crippen LogP contribution in [0.5, 0.6) is 0 Å². The third-order valence-electron chi connectivity index (χ3n) is 1.51. The van der Waals surface area contributed by atoms with E-state index in [0.29, 0.717) is 0 Å². The number of aliphatic carboxylic acids is 1. The Kier molecular flexibility index (Phi) is 2.81. The molecule has 0 spiro atoms. The molecule has 0 aliphatic heterocycles. The third kappa shape index (κ3) is 2.29. The number of hydrogen-bond donors (Lipinski definition) is 2. The summed E-state index contributed by atoms with van der Waals surface area (Å²) < 4.78 is 25.1. The van der Waals surface area contributed by atoms with E-state index in [1.54, 1.807) is 0 Å². The molecule has 0 heterocycles. The fraction of sp³-hybridized carbons (Fsp3) is 0. The molecule has 0 aliphatic rings. The van der Waals surface area contributed by atoms with Crippen LogP contribution in [0, 0.1) is 11.6 Å². The first kappa shape index (κ1) is 10.2. The Morgan fingerprint density at radius 1 is 1.36 bits per heavy atom. The van der Waals surface area contributed by atoms with Gasteiger partial charge in [-0.3, -0.25) is 0 Å². The molecule has 0 saturated carbocycles. The largest absolute Gasteiger partial charge is 0.477 e. The summed E-state index contributed by atoms with van der Waals surface area (Å²) in [6.45, 7) is 0. The normalized spacial score (nSPS) is 11.4. The van der Waals surface area contributed by atoms with Crippen molar-refractivity contribution in [2.75, 3.05) is 0 Å². The molecule has 0 radical (unpaired) electrons. The number of carboxylic acids is 1. The standard InChI is InChI=1S/C9H7F2NO2/c10-6-2-1-5(3-7(6)11)4-8(12)9(13)14/h1-4H,12H2,(H,13,14)/b8-4+. The summed E-state index contributed by atoms with van der Waals surface area (Å²) >= 11 is 0. The zero-order valence-corrected chi connectivity index (χ0v) is 7.00. The summed E-state index contributed by atoms with van der Waals surface area (Å²) in [4.78, 5) is 10.3. The van der Waals surface area contributed by atoms with Crippen LogP contribution >= 0.6 is 0 Å². The van der Waals surface area contributed by atoms with Gasteiger partial charge < -0.3 is 10.8 Å². The van der Waals surface area contributed by atoms with Crippen molar-refractivity contribution in [1.82, 2.24) is 0 Å². The minimum Gasteiger partial charge on any atom is -0.477 e. The van der Waals surface area contributed by atoms with Crippen LogP contribution in [0.3, 0.4) is 0 Å². The van der Waals surface area contributed by atoms with Gasteiger partial charge >= 0.3 is 5.97 Å². The van der Waals surface area contributed by atoms with E-state index in [0.717, 1.165) is 18.2 Å². The van der Waals surface area contributed by atoms with E-state index in [2.05, 4.69) is 0 Å². The molecule has 1 rings (SSSR count). The third-order valence-corrected chi connectivity index (χ3v) is 1.51. The molecule has 74 valence electrons. The Balaban J connectivity index is 3.04. The second-order valence-corrected chi connectivity index (χ2v) is 2.58. The lowest BCUT2D eigenvalue weighted by atomic mass is 10.2. The summed E-state index contributed by atoms with van der Waals surface area (Å²) in [5, 5.41) is 8.41. The first-order chi connectivity index (χ1) is 6.50. The van der Waals surface area contributed by atoms with Crippen molar-refractivity contribution < 1.29 is 18.7 Å². The zero-order chi connectivity index (χ0) is 10.7. The molecule has 0 amide bonds. The van der Waals surface area contributed by atoms with Crippen molar-refractivity contribution in [2.45, 2.75) is 0 Å². The molecule has 0 aliphatic carbocycles. The van der Waals surface area contributed by atoms with Crippen LogP contribution in [-0.2, 0) is 4.79 Å². The van der Waals surface area contributed by atoms with Gasteiger partial charge in [0.15, 0.2) is 11.6 Å². The number of carboxylic acid groups (broad SMARTS) is 1. The van der Waals surface area contributed by atoms with Gasteiger partial charge in [-0.05, 0) is 23.8 Å². The summed E-state index contributed by atoms with van der Waals surface area (Å²) in [6, 6.07) is 3.00. The minimum atomic E-state index is -1.31. The van der Waals surface area contributed by atoms with Crippen molar-refractivity contribution >= 4 is 12.0 Å². The molecular formula is C9H7F2NO2. The molecule has 0 fully saturated rings. The van der Waals surface area contributed by atoms with Crippen LogP contribution < -0.4 is 5.73 Å². The lowest BCUT2D eigenvalue weighted by Gasteiger charge is -1.97. The highest BCUT2D eigenvalue weighted by atomic mass is 19.2. The molecule has 0 atom stereocenters. The Morgan fingerprint density at radius 3 is 2.50 bits per heavy atom. The number of carbonyl (C=O) groups is 1. The minimum absolute atomic E-state index is 0.198. The molecule has 0 unspecified atom stereocenters. The van der Waals surface area contributed by atoms with Crippen molar-refractivity contribution in [3.05, 3.63) is 41.1 Å². The van der Waals surface area contributed by atoms with Crippen molar-refractivity contribution in [1.29, 1.82) is 0 Å². The van der Waals surface area contributed by atoms with E-state index in [1.807, 2.05) is 0 Å². The van der Waals surface area contributed by atoms with E-state index < -0.39 is 23.3 Å². The van der Waals surface area contributed by atoms with Crippen LogP contribution in [0.25, 0.3) is 6.08 Å². The summed E-state index contributed by atoms with van der Waals surface area (Å²) in [5.41, 5.74) is 4.85. The fourth-order valence-electron chi connectivity index (χ4n) is 0.843. The SMILES string of the molecule is N/C(=C/c1ccc(F)c(F)c1)C(=O)O. The van der Waals surface area contributed by atoms with Gasteiger partial charge in [0.2, 0.25) is 0 Å². The van der Waals surface area contributed by atoms with Gasteiger partial charge in [0.1, 0.15) is 5.70 Å². The number of nitrogens with two attached hydrogens (primary N) is 1. The lowest BCUT2D eigenvalue weighted by Crippen LogP contribution is -2.09. The molecule has 5 heteroatoms. The number of hydrogen-bond acceptors (Lipinski definition) is 2. The number of halogens is 2. The number of benzene rings is 1. The molecule has 0 saturated heterocycles. The van der Waals surface area contributed by atoms with Crippen LogP contribution in [-0.4, -0.2) is 11.1 Å². The van der Waals surface area contributed by atoms with Crippen LogP contribution in [0.4, 0.5) is 8.78 Å². The predicted molar refractivity (Wildman–Crippen MR) is 46.2 cm³/mol. The Hall–Kier alpha value is -1.91.